The number of carboxylic acid groups (broad SMARTS) is 4. The summed E-state index contributed by atoms with van der Waals surface area (Å²) < 4.78 is 5.83. The van der Waals surface area contributed by atoms with Crippen LogP contribution in [-0.4, -0.2) is 98.8 Å². The fraction of sp³-hybridized carbons (Fsp3) is 0.323. The number of ether oxygens (including phenoxy) is 1. The van der Waals surface area contributed by atoms with E-state index in [9.17, 15) is 19.2 Å². The summed E-state index contributed by atoms with van der Waals surface area (Å²) in [6, 6.07) is 19.7. The molecule has 0 aliphatic carbocycles. The summed E-state index contributed by atoms with van der Waals surface area (Å²) in [4.78, 5) is 48.0. The van der Waals surface area contributed by atoms with Crippen molar-refractivity contribution in [3.63, 3.8) is 0 Å². The van der Waals surface area contributed by atoms with Gasteiger partial charge in [-0.05, 0) is 30.0 Å². The van der Waals surface area contributed by atoms with E-state index in [1.54, 1.807) is 0 Å². The molecule has 2 aromatic carbocycles. The summed E-state index contributed by atoms with van der Waals surface area (Å²) >= 11 is 1.86. The Bertz CT molecular complexity index is 1270. The zero-order chi connectivity index (χ0) is 32.5. The molecule has 2 aliphatic heterocycles. The van der Waals surface area contributed by atoms with Crippen LogP contribution in [0, 0.1) is 0 Å². The van der Waals surface area contributed by atoms with Crippen molar-refractivity contribution in [2.45, 2.75) is 37.3 Å². The lowest BCUT2D eigenvalue weighted by molar-refractivity contribution is -0.134. The topological polar surface area (TPSA) is 177 Å². The van der Waals surface area contributed by atoms with Crippen molar-refractivity contribution in [2.75, 3.05) is 27.2 Å². The van der Waals surface area contributed by atoms with Gasteiger partial charge in [0.2, 0.25) is 0 Å². The molecular weight excluding hydrogens is 590 g/mol. The summed E-state index contributed by atoms with van der Waals surface area (Å²) in [5.41, 5.74) is 3.80. The molecule has 1 saturated heterocycles. The molecule has 0 amide bonds. The van der Waals surface area contributed by atoms with Crippen molar-refractivity contribution in [1.29, 1.82) is 0 Å². The van der Waals surface area contributed by atoms with Crippen LogP contribution in [0.2, 0.25) is 0 Å². The monoisotopic (exact) mass is 627 g/mol. The number of fused-ring (bicyclic) bond motifs is 1. The highest BCUT2D eigenvalue weighted by atomic mass is 32.2. The molecule has 2 heterocycles. The number of nitrogens with zero attached hydrogens (tertiary/aromatic N) is 3. The Balaban J connectivity index is 0.000000349. The highest BCUT2D eigenvalue weighted by Crippen LogP contribution is 2.33. The van der Waals surface area contributed by atoms with Crippen LogP contribution < -0.4 is 0 Å². The van der Waals surface area contributed by atoms with Gasteiger partial charge in [-0.1, -0.05) is 60.3 Å². The first-order valence-corrected chi connectivity index (χ1v) is 14.6. The largest absolute Gasteiger partial charge is 0.478 e. The molecule has 2 aliphatic rings. The Morgan fingerprint density at radius 3 is 1.89 bits per heavy atom. The fourth-order valence-corrected chi connectivity index (χ4v) is 5.42. The molecule has 4 rings (SSSR count). The van der Waals surface area contributed by atoms with E-state index < -0.39 is 23.9 Å². The second kappa shape index (κ2) is 18.9. The van der Waals surface area contributed by atoms with Crippen LogP contribution >= 0.6 is 11.8 Å². The summed E-state index contributed by atoms with van der Waals surface area (Å²) in [5.74, 6) is -4.01. The predicted molar refractivity (Wildman–Crippen MR) is 167 cm³/mol. The quantitative estimate of drug-likeness (QED) is 0.295. The Labute approximate surface area is 260 Å². The summed E-state index contributed by atoms with van der Waals surface area (Å²) in [5, 5.41) is 32.4. The molecule has 0 saturated carbocycles. The predicted octanol–water partition coefficient (Wildman–Crippen LogP) is 3.96. The molecule has 0 aromatic heterocycles. The van der Waals surface area contributed by atoms with E-state index in [0.717, 1.165) is 49.0 Å². The maximum atomic E-state index is 9.55. The van der Waals surface area contributed by atoms with E-state index in [0.29, 0.717) is 30.3 Å². The number of hydrogen-bond acceptors (Lipinski definition) is 9. The van der Waals surface area contributed by atoms with Crippen LogP contribution in [0.25, 0.3) is 0 Å². The Hall–Kier alpha value is -4.46. The number of hydrogen-bond donors (Lipinski definition) is 4. The molecule has 1 unspecified atom stereocenters. The van der Waals surface area contributed by atoms with E-state index in [1.807, 2.05) is 18.9 Å². The van der Waals surface area contributed by atoms with Crippen molar-refractivity contribution < 1.29 is 44.3 Å². The third-order valence-electron chi connectivity index (χ3n) is 6.58. The van der Waals surface area contributed by atoms with E-state index in [-0.39, 0.29) is 6.23 Å². The normalized spacial score (nSPS) is 15.5. The van der Waals surface area contributed by atoms with Gasteiger partial charge in [0.05, 0.1) is 5.69 Å². The highest BCUT2D eigenvalue weighted by molar-refractivity contribution is 8.13. The summed E-state index contributed by atoms with van der Waals surface area (Å²) in [6.07, 6.45) is 5.62. The SMILES string of the molecule is COC(Cc1ccccc1)N1CCC(N(C)C2=Nc3ccccc3CS2)CC1.O=C(O)/C=C/C(=O)O.O=C(O)/C=C/C(=O)O. The van der Waals surface area contributed by atoms with Crippen molar-refractivity contribution in [3.05, 3.63) is 90.0 Å². The molecule has 0 bridgehead atoms. The third-order valence-corrected chi connectivity index (χ3v) is 7.68. The van der Waals surface area contributed by atoms with Crippen LogP contribution in [0.5, 0.6) is 0 Å². The number of carbonyl (C=O) groups is 4. The Morgan fingerprint density at radius 1 is 0.886 bits per heavy atom. The second-order valence-electron chi connectivity index (χ2n) is 9.59. The molecule has 44 heavy (non-hydrogen) atoms. The van der Waals surface area contributed by atoms with Gasteiger partial charge in [-0.3, -0.25) is 4.90 Å². The number of aliphatic carboxylic acids is 4. The number of piperidine rings is 1. The van der Waals surface area contributed by atoms with Crippen LogP contribution in [0.3, 0.4) is 0 Å². The fourth-order valence-electron chi connectivity index (χ4n) is 4.38. The van der Waals surface area contributed by atoms with Crippen LogP contribution in [-0.2, 0) is 36.1 Å². The average Bonchev–Trinajstić information content (AvgIpc) is 3.02. The molecule has 0 radical (unpaired) electrons. The first-order chi connectivity index (χ1) is 21.0. The number of rotatable bonds is 9. The molecule has 0 spiro atoms. The molecule has 1 fully saturated rings. The molecule has 236 valence electrons. The van der Waals surface area contributed by atoms with Gasteiger partial charge in [0, 0.05) is 69.8 Å². The minimum atomic E-state index is -1.26. The van der Waals surface area contributed by atoms with Crippen LogP contribution in [0.15, 0.2) is 83.9 Å². The van der Waals surface area contributed by atoms with E-state index in [1.165, 1.54) is 11.1 Å². The van der Waals surface area contributed by atoms with Gasteiger partial charge >= 0.3 is 23.9 Å². The van der Waals surface area contributed by atoms with Gasteiger partial charge < -0.3 is 30.1 Å². The van der Waals surface area contributed by atoms with Gasteiger partial charge in [0.15, 0.2) is 5.17 Å². The van der Waals surface area contributed by atoms with Gasteiger partial charge in [0.25, 0.3) is 0 Å². The maximum absolute atomic E-state index is 9.55. The van der Waals surface area contributed by atoms with Gasteiger partial charge in [-0.2, -0.15) is 0 Å². The molecule has 13 heteroatoms. The zero-order valence-corrected chi connectivity index (χ0v) is 25.3. The number of likely N-dealkylation sites (tertiary alicyclic amines) is 1. The lowest BCUT2D eigenvalue weighted by Gasteiger charge is -2.41. The number of methoxy groups -OCH3 is 1. The molecular formula is C31H37N3O9S. The van der Waals surface area contributed by atoms with Crippen LogP contribution in [0.1, 0.15) is 24.0 Å². The molecule has 2 aromatic rings. The molecule has 1 atom stereocenters. The van der Waals surface area contributed by atoms with Gasteiger partial charge in [-0.25, -0.2) is 24.2 Å². The third kappa shape index (κ3) is 13.2. The Kier molecular flexibility index (Phi) is 15.4. The van der Waals surface area contributed by atoms with Crippen molar-refractivity contribution in [1.82, 2.24) is 9.80 Å². The second-order valence-corrected chi connectivity index (χ2v) is 10.5. The van der Waals surface area contributed by atoms with Crippen molar-refractivity contribution >= 4 is 46.5 Å². The summed E-state index contributed by atoms with van der Waals surface area (Å²) in [6.45, 7) is 2.13. The van der Waals surface area contributed by atoms with Crippen molar-refractivity contribution in [3.8, 4) is 0 Å². The van der Waals surface area contributed by atoms with E-state index in [2.05, 4.69) is 71.4 Å². The lowest BCUT2D eigenvalue weighted by Crippen LogP contribution is -2.49. The maximum Gasteiger partial charge on any atom is 0.328 e. The van der Waals surface area contributed by atoms with Crippen molar-refractivity contribution in [2.24, 2.45) is 4.99 Å². The number of para-hydroxylation sites is 1. The molecule has 4 N–H and O–H groups in total. The number of benzene rings is 2. The first kappa shape index (κ1) is 35.7. The summed E-state index contributed by atoms with van der Waals surface area (Å²) in [7, 11) is 4.04. The van der Waals surface area contributed by atoms with Crippen LogP contribution in [0.4, 0.5) is 5.69 Å². The standard InChI is InChI=1S/C23H29N3OS.2C4H4O4/c1-25(23-24-21-11-7-6-10-19(21)17-28-23)20-12-14-26(15-13-20)22(27-2)16-18-8-4-3-5-9-18;2*5-3(6)1-2-4(7)8/h3-11,20,22H,12-17H2,1-2H3;2*1-2H,(H,5,6)(H,7,8)/b;2*2-1+. The number of amidine groups is 1. The van der Waals surface area contributed by atoms with Gasteiger partial charge in [0.1, 0.15) is 6.23 Å². The first-order valence-electron chi connectivity index (χ1n) is 13.6. The molecule has 12 nitrogen and oxygen atoms in total. The average molecular weight is 628 g/mol. The minimum absolute atomic E-state index is 0.155. The smallest absolute Gasteiger partial charge is 0.328 e. The van der Waals surface area contributed by atoms with E-state index >= 15 is 0 Å². The number of carboxylic acids is 4. The van der Waals surface area contributed by atoms with E-state index in [4.69, 9.17) is 30.2 Å². The lowest BCUT2D eigenvalue weighted by atomic mass is 10.0. The number of thioether (sulfide) groups is 1. The number of aliphatic imine (C=N–C) groups is 1. The minimum Gasteiger partial charge on any atom is -0.478 e. The van der Waals surface area contributed by atoms with Gasteiger partial charge in [-0.15, -0.1) is 0 Å². The Morgan fingerprint density at radius 2 is 1.39 bits per heavy atom. The zero-order valence-electron chi connectivity index (χ0n) is 24.5. The highest BCUT2D eigenvalue weighted by Gasteiger charge is 2.29.